The van der Waals surface area contributed by atoms with E-state index in [0.29, 0.717) is 5.75 Å². The maximum atomic E-state index is 11.8. The van der Waals surface area contributed by atoms with E-state index in [9.17, 15) is 4.79 Å². The van der Waals surface area contributed by atoms with E-state index in [0.717, 1.165) is 28.5 Å². The number of aromatic nitrogens is 2. The fourth-order valence-corrected chi connectivity index (χ4v) is 5.01. The molecular weight excluding hydrogens is 316 g/mol. The van der Waals surface area contributed by atoms with Crippen molar-refractivity contribution in [2.24, 2.45) is 0 Å². The van der Waals surface area contributed by atoms with Crippen LogP contribution in [-0.2, 0) is 22.4 Å². The molecule has 4 nitrogen and oxygen atoms in total. The van der Waals surface area contributed by atoms with Crippen LogP contribution in [0.2, 0.25) is 0 Å². The molecule has 0 amide bonds. The van der Waals surface area contributed by atoms with Crippen LogP contribution in [0.25, 0.3) is 10.2 Å². The largest absolute Gasteiger partial charge is 0.462 e. The van der Waals surface area contributed by atoms with Gasteiger partial charge in [0.25, 0.3) is 0 Å². The van der Waals surface area contributed by atoms with Gasteiger partial charge in [-0.15, -0.1) is 11.3 Å². The summed E-state index contributed by atoms with van der Waals surface area (Å²) in [6, 6.07) is 0. The first-order valence-electron chi connectivity index (χ1n) is 7.65. The second-order valence-electron chi connectivity index (χ2n) is 5.79. The molecule has 0 fully saturated rings. The van der Waals surface area contributed by atoms with Gasteiger partial charge in [-0.1, -0.05) is 11.8 Å². The first kappa shape index (κ1) is 15.7. The Morgan fingerprint density at radius 3 is 2.86 bits per heavy atom. The summed E-state index contributed by atoms with van der Waals surface area (Å²) >= 11 is 3.26. The Morgan fingerprint density at radius 2 is 2.09 bits per heavy atom. The predicted octanol–water partition coefficient (Wildman–Crippen LogP) is 3.92. The fourth-order valence-electron chi connectivity index (χ4n) is 2.75. The molecule has 6 heteroatoms. The average molecular weight is 336 g/mol. The van der Waals surface area contributed by atoms with Crippen molar-refractivity contribution < 1.29 is 9.53 Å². The van der Waals surface area contributed by atoms with Gasteiger partial charge in [-0.05, 0) is 52.0 Å². The number of carbonyl (C=O) groups excluding carboxylic acids is 1. The number of thiophene rings is 1. The highest BCUT2D eigenvalue weighted by Gasteiger charge is 2.21. The first-order chi connectivity index (χ1) is 10.5. The van der Waals surface area contributed by atoms with Gasteiger partial charge in [0.1, 0.15) is 15.7 Å². The zero-order valence-corrected chi connectivity index (χ0v) is 14.8. The molecule has 1 aliphatic rings. The van der Waals surface area contributed by atoms with E-state index in [1.165, 1.54) is 40.4 Å². The van der Waals surface area contributed by atoms with Crippen molar-refractivity contribution in [3.05, 3.63) is 16.3 Å². The lowest BCUT2D eigenvalue weighted by molar-refractivity contribution is -0.144. The number of aryl methyl sites for hydroxylation is 3. The lowest BCUT2D eigenvalue weighted by Crippen LogP contribution is -2.13. The number of esters is 1. The Bertz CT molecular complexity index is 710. The SMILES string of the molecule is Cc1nc(SCC(=O)OC(C)C)c2c3c(sc2n1)CCCC3. The number of fused-ring (bicyclic) bond motifs is 3. The number of rotatable bonds is 4. The van der Waals surface area contributed by atoms with Crippen LogP contribution >= 0.6 is 23.1 Å². The Balaban J connectivity index is 1.91. The van der Waals surface area contributed by atoms with Crippen LogP contribution in [0.1, 0.15) is 43.0 Å². The highest BCUT2D eigenvalue weighted by molar-refractivity contribution is 8.00. The van der Waals surface area contributed by atoms with Crippen molar-refractivity contribution in [3.63, 3.8) is 0 Å². The smallest absolute Gasteiger partial charge is 0.316 e. The van der Waals surface area contributed by atoms with Gasteiger partial charge < -0.3 is 4.74 Å². The van der Waals surface area contributed by atoms with Crippen LogP contribution in [0.4, 0.5) is 0 Å². The lowest BCUT2D eigenvalue weighted by atomic mass is 9.97. The molecule has 0 saturated carbocycles. The summed E-state index contributed by atoms with van der Waals surface area (Å²) in [6.45, 7) is 5.64. The number of ether oxygens (including phenoxy) is 1. The minimum atomic E-state index is -0.187. The maximum Gasteiger partial charge on any atom is 0.316 e. The topological polar surface area (TPSA) is 52.1 Å². The van der Waals surface area contributed by atoms with Crippen molar-refractivity contribution >= 4 is 39.3 Å². The standard InChI is InChI=1S/C16H20N2O2S2/c1-9(2)20-13(19)8-21-15-14-11-6-4-5-7-12(11)22-16(14)18-10(3)17-15/h9H,4-8H2,1-3H3. The molecule has 0 atom stereocenters. The summed E-state index contributed by atoms with van der Waals surface area (Å²) in [5.74, 6) is 0.883. The molecule has 0 spiro atoms. The van der Waals surface area contributed by atoms with Gasteiger partial charge in [0.15, 0.2) is 0 Å². The van der Waals surface area contributed by atoms with E-state index in [1.54, 1.807) is 11.3 Å². The van der Waals surface area contributed by atoms with E-state index in [-0.39, 0.29) is 12.1 Å². The van der Waals surface area contributed by atoms with Gasteiger partial charge in [-0.2, -0.15) is 0 Å². The van der Waals surface area contributed by atoms with Gasteiger partial charge in [0.05, 0.1) is 11.9 Å². The van der Waals surface area contributed by atoms with E-state index in [1.807, 2.05) is 20.8 Å². The van der Waals surface area contributed by atoms with Gasteiger partial charge in [0.2, 0.25) is 0 Å². The third-order valence-electron chi connectivity index (χ3n) is 3.59. The fraction of sp³-hybridized carbons (Fsp3) is 0.562. The average Bonchev–Trinajstić information content (AvgIpc) is 2.81. The normalized spacial score (nSPS) is 14.4. The summed E-state index contributed by atoms with van der Waals surface area (Å²) in [4.78, 5) is 23.5. The summed E-state index contributed by atoms with van der Waals surface area (Å²) < 4.78 is 5.21. The molecule has 118 valence electrons. The van der Waals surface area contributed by atoms with Gasteiger partial charge in [0, 0.05) is 10.3 Å². The van der Waals surface area contributed by atoms with Crippen LogP contribution in [-0.4, -0.2) is 27.8 Å². The Hall–Kier alpha value is -1.14. The second kappa shape index (κ2) is 6.54. The Morgan fingerprint density at radius 1 is 1.32 bits per heavy atom. The number of nitrogens with zero attached hydrogens (tertiary/aromatic N) is 2. The molecular formula is C16H20N2O2S2. The van der Waals surface area contributed by atoms with Crippen molar-refractivity contribution in [2.75, 3.05) is 5.75 Å². The molecule has 1 aliphatic carbocycles. The lowest BCUT2D eigenvalue weighted by Gasteiger charge is -2.12. The van der Waals surface area contributed by atoms with E-state index >= 15 is 0 Å². The molecule has 3 rings (SSSR count). The molecule has 0 aliphatic heterocycles. The van der Waals surface area contributed by atoms with E-state index in [2.05, 4.69) is 9.97 Å². The number of hydrogen-bond donors (Lipinski definition) is 0. The molecule has 0 bridgehead atoms. The van der Waals surface area contributed by atoms with Crippen LogP contribution in [0.5, 0.6) is 0 Å². The monoisotopic (exact) mass is 336 g/mol. The summed E-state index contributed by atoms with van der Waals surface area (Å²) in [5, 5.41) is 2.11. The zero-order chi connectivity index (χ0) is 15.7. The zero-order valence-electron chi connectivity index (χ0n) is 13.1. The van der Waals surface area contributed by atoms with Crippen LogP contribution in [0.3, 0.4) is 0 Å². The molecule has 0 unspecified atom stereocenters. The molecule has 2 aromatic rings. The minimum absolute atomic E-state index is 0.0749. The molecule has 2 aromatic heterocycles. The predicted molar refractivity (Wildman–Crippen MR) is 90.7 cm³/mol. The van der Waals surface area contributed by atoms with Crippen LogP contribution in [0.15, 0.2) is 5.03 Å². The molecule has 0 aromatic carbocycles. The summed E-state index contributed by atoms with van der Waals surface area (Å²) in [7, 11) is 0. The van der Waals surface area contributed by atoms with E-state index < -0.39 is 0 Å². The minimum Gasteiger partial charge on any atom is -0.462 e. The second-order valence-corrected chi connectivity index (χ2v) is 7.84. The molecule has 0 saturated heterocycles. The third-order valence-corrected chi connectivity index (χ3v) is 5.72. The van der Waals surface area contributed by atoms with Crippen molar-refractivity contribution in [1.29, 1.82) is 0 Å². The van der Waals surface area contributed by atoms with Crippen molar-refractivity contribution in [3.8, 4) is 0 Å². The van der Waals surface area contributed by atoms with Gasteiger partial charge in [-0.25, -0.2) is 9.97 Å². The van der Waals surface area contributed by atoms with Crippen LogP contribution in [0, 0.1) is 6.92 Å². The number of hydrogen-bond acceptors (Lipinski definition) is 6. The maximum absolute atomic E-state index is 11.8. The molecule has 0 N–H and O–H groups in total. The van der Waals surface area contributed by atoms with Crippen molar-refractivity contribution in [1.82, 2.24) is 9.97 Å². The molecule has 0 radical (unpaired) electrons. The molecule has 2 heterocycles. The first-order valence-corrected chi connectivity index (χ1v) is 9.46. The number of carbonyl (C=O) groups is 1. The van der Waals surface area contributed by atoms with Crippen LogP contribution < -0.4 is 0 Å². The quantitative estimate of drug-likeness (QED) is 0.481. The summed E-state index contributed by atoms with van der Waals surface area (Å²) in [6.07, 6.45) is 4.66. The highest BCUT2D eigenvalue weighted by atomic mass is 32.2. The Labute approximate surface area is 138 Å². The Kier molecular flexibility index (Phi) is 4.68. The summed E-state index contributed by atoms with van der Waals surface area (Å²) in [5.41, 5.74) is 1.41. The highest BCUT2D eigenvalue weighted by Crippen LogP contribution is 2.39. The molecule has 22 heavy (non-hydrogen) atoms. The van der Waals surface area contributed by atoms with E-state index in [4.69, 9.17) is 4.74 Å². The van der Waals surface area contributed by atoms with Crippen molar-refractivity contribution in [2.45, 2.75) is 57.6 Å². The third kappa shape index (κ3) is 3.27. The number of thioether (sulfide) groups is 1. The van der Waals surface area contributed by atoms with Gasteiger partial charge in [-0.3, -0.25) is 4.79 Å². The van der Waals surface area contributed by atoms with Gasteiger partial charge >= 0.3 is 5.97 Å².